The molecule has 0 bridgehead atoms. The van der Waals surface area contributed by atoms with Crippen LogP contribution in [0.25, 0.3) is 0 Å². The predicted octanol–water partition coefficient (Wildman–Crippen LogP) is 7.16. The Balaban J connectivity index is 2.13. The number of alkyl halides is 3. The number of pyridine rings is 1. The van der Waals surface area contributed by atoms with Gasteiger partial charge in [-0.3, -0.25) is 4.98 Å². The summed E-state index contributed by atoms with van der Waals surface area (Å²) >= 11 is 12.8. The summed E-state index contributed by atoms with van der Waals surface area (Å²) in [5.74, 6) is -1.18. The number of hydrogen-bond donors (Lipinski definition) is 1. The van der Waals surface area contributed by atoms with Crippen LogP contribution in [-0.2, 0) is 4.43 Å². The summed E-state index contributed by atoms with van der Waals surface area (Å²) in [5.41, 5.74) is 0.715. The van der Waals surface area contributed by atoms with Crippen molar-refractivity contribution >= 4 is 31.5 Å². The predicted molar refractivity (Wildman–Crippen MR) is 115 cm³/mol. The van der Waals surface area contributed by atoms with Gasteiger partial charge in [-0.2, -0.15) is 13.2 Å². The Bertz CT molecular complexity index is 623. The third-order valence-corrected chi connectivity index (χ3v) is 11.6. The topological polar surface area (TPSA) is 34.1 Å². The molecular formula is C20H31Cl2F3N2OSi. The highest BCUT2D eigenvalue weighted by Crippen LogP contribution is 2.39. The van der Waals surface area contributed by atoms with Gasteiger partial charge in [0, 0.05) is 30.5 Å². The van der Waals surface area contributed by atoms with E-state index < -0.39 is 20.4 Å². The molecule has 9 heteroatoms. The van der Waals surface area contributed by atoms with Gasteiger partial charge in [-0.15, -0.1) is 0 Å². The second-order valence-electron chi connectivity index (χ2n) is 7.87. The smallest absolute Gasteiger partial charge is 0.391 e. The van der Waals surface area contributed by atoms with Crippen molar-refractivity contribution in [2.75, 3.05) is 6.54 Å². The maximum atomic E-state index is 12.9. The maximum absolute atomic E-state index is 12.9. The molecule has 0 aromatic carbocycles. The summed E-state index contributed by atoms with van der Waals surface area (Å²) in [6.45, 7) is 6.92. The Kier molecular flexibility index (Phi) is 9.28. The molecule has 1 fully saturated rings. The van der Waals surface area contributed by atoms with E-state index in [9.17, 15) is 13.2 Å². The van der Waals surface area contributed by atoms with Crippen molar-refractivity contribution in [3.05, 3.63) is 28.0 Å². The van der Waals surface area contributed by atoms with Gasteiger partial charge in [0.25, 0.3) is 0 Å². The molecule has 0 saturated heterocycles. The first-order valence-corrected chi connectivity index (χ1v) is 13.7. The van der Waals surface area contributed by atoms with Gasteiger partial charge >= 0.3 is 6.18 Å². The molecule has 1 heterocycles. The number of nitrogens with one attached hydrogen (secondary N) is 1. The number of aromatic nitrogens is 1. The number of hydrogen-bond acceptors (Lipinski definition) is 3. The lowest BCUT2D eigenvalue weighted by atomic mass is 9.85. The van der Waals surface area contributed by atoms with E-state index in [-0.39, 0.29) is 25.0 Å². The Hall–Kier alpha value is -0.343. The minimum absolute atomic E-state index is 0.0417. The highest BCUT2D eigenvalue weighted by atomic mass is 35.5. The molecule has 0 radical (unpaired) electrons. The molecule has 1 aromatic rings. The lowest BCUT2D eigenvalue weighted by Gasteiger charge is -2.36. The van der Waals surface area contributed by atoms with Gasteiger partial charge in [0.1, 0.15) is 0 Å². The summed E-state index contributed by atoms with van der Waals surface area (Å²) < 4.78 is 45.5. The van der Waals surface area contributed by atoms with Crippen molar-refractivity contribution in [2.24, 2.45) is 5.92 Å². The van der Waals surface area contributed by atoms with E-state index in [1.54, 1.807) is 12.4 Å². The van der Waals surface area contributed by atoms with Crippen molar-refractivity contribution < 1.29 is 17.6 Å². The van der Waals surface area contributed by atoms with Gasteiger partial charge in [0.05, 0.1) is 22.1 Å². The first kappa shape index (κ1) is 24.9. The fourth-order valence-corrected chi connectivity index (χ4v) is 7.54. The molecule has 166 valence electrons. The van der Waals surface area contributed by atoms with Crippen LogP contribution in [0.2, 0.25) is 28.2 Å². The monoisotopic (exact) mass is 470 g/mol. The average Bonchev–Trinajstić information content (AvgIpc) is 2.69. The SMILES string of the molecule is CC[Si](CC)(CC)OC(CN[C@H]1CC[C@H](C(F)(F)F)CC1)c1c(Cl)cncc1Cl. The van der Waals surface area contributed by atoms with Crippen molar-refractivity contribution in [2.45, 2.75) is 82.9 Å². The van der Waals surface area contributed by atoms with Crippen molar-refractivity contribution in [3.63, 3.8) is 0 Å². The van der Waals surface area contributed by atoms with Crippen LogP contribution >= 0.6 is 23.2 Å². The van der Waals surface area contributed by atoms with Gasteiger partial charge in [-0.1, -0.05) is 44.0 Å². The molecule has 29 heavy (non-hydrogen) atoms. The molecule has 1 aliphatic rings. The van der Waals surface area contributed by atoms with E-state index in [4.69, 9.17) is 27.6 Å². The lowest BCUT2D eigenvalue weighted by Crippen LogP contribution is -2.43. The highest BCUT2D eigenvalue weighted by Gasteiger charge is 2.41. The molecule has 1 N–H and O–H groups in total. The molecule has 2 rings (SSSR count). The molecule has 1 unspecified atom stereocenters. The third kappa shape index (κ3) is 6.57. The molecule has 0 aliphatic heterocycles. The number of nitrogens with zero attached hydrogens (tertiary/aromatic N) is 1. The highest BCUT2D eigenvalue weighted by molar-refractivity contribution is 6.73. The largest absolute Gasteiger partial charge is 0.409 e. The second kappa shape index (κ2) is 10.8. The fourth-order valence-electron chi connectivity index (χ4n) is 4.13. The minimum atomic E-state index is -4.09. The third-order valence-electron chi connectivity index (χ3n) is 6.32. The molecule has 0 spiro atoms. The maximum Gasteiger partial charge on any atom is 0.391 e. The zero-order chi connectivity index (χ0) is 21.7. The van der Waals surface area contributed by atoms with Crippen LogP contribution in [-0.4, -0.2) is 32.1 Å². The molecule has 0 amide bonds. The van der Waals surface area contributed by atoms with E-state index in [2.05, 4.69) is 31.1 Å². The fraction of sp³-hybridized carbons (Fsp3) is 0.750. The van der Waals surface area contributed by atoms with Crippen LogP contribution in [0.1, 0.15) is 58.1 Å². The van der Waals surface area contributed by atoms with Crippen molar-refractivity contribution in [1.29, 1.82) is 0 Å². The number of rotatable bonds is 9. The molecule has 1 atom stereocenters. The summed E-state index contributed by atoms with van der Waals surface area (Å²) in [7, 11) is -1.96. The number of halogens is 5. The molecule has 1 aliphatic carbocycles. The van der Waals surface area contributed by atoms with Gasteiger partial charge in [-0.25, -0.2) is 0 Å². The average molecular weight is 471 g/mol. The zero-order valence-electron chi connectivity index (χ0n) is 17.3. The second-order valence-corrected chi connectivity index (χ2v) is 13.4. The van der Waals surface area contributed by atoms with E-state index >= 15 is 0 Å². The summed E-state index contributed by atoms with van der Waals surface area (Å²) in [6.07, 6.45) is 0.0244. The first-order valence-electron chi connectivity index (χ1n) is 10.4. The molecular weight excluding hydrogens is 440 g/mol. The van der Waals surface area contributed by atoms with Crippen LogP contribution in [0.4, 0.5) is 13.2 Å². The lowest BCUT2D eigenvalue weighted by molar-refractivity contribution is -0.182. The first-order chi connectivity index (χ1) is 13.7. The van der Waals surface area contributed by atoms with Crippen LogP contribution in [0.15, 0.2) is 12.4 Å². The molecule has 1 aromatic heterocycles. The Morgan fingerprint density at radius 2 is 1.59 bits per heavy atom. The van der Waals surface area contributed by atoms with E-state index in [1.165, 1.54) is 0 Å². The quantitative estimate of drug-likeness (QED) is 0.388. The normalized spacial score (nSPS) is 21.9. The zero-order valence-corrected chi connectivity index (χ0v) is 19.8. The Morgan fingerprint density at radius 1 is 1.07 bits per heavy atom. The van der Waals surface area contributed by atoms with Crippen LogP contribution in [0.5, 0.6) is 0 Å². The summed E-state index contributed by atoms with van der Waals surface area (Å²) in [6, 6.07) is 2.98. The van der Waals surface area contributed by atoms with Crippen LogP contribution in [0, 0.1) is 5.92 Å². The van der Waals surface area contributed by atoms with Gasteiger partial charge in [-0.05, 0) is 43.8 Å². The van der Waals surface area contributed by atoms with Gasteiger partial charge in [0.15, 0.2) is 8.32 Å². The Morgan fingerprint density at radius 3 is 2.03 bits per heavy atom. The van der Waals surface area contributed by atoms with Gasteiger partial charge < -0.3 is 9.74 Å². The van der Waals surface area contributed by atoms with Gasteiger partial charge in [0.2, 0.25) is 0 Å². The van der Waals surface area contributed by atoms with Crippen molar-refractivity contribution in [1.82, 2.24) is 10.3 Å². The van der Waals surface area contributed by atoms with Crippen LogP contribution in [0.3, 0.4) is 0 Å². The van der Waals surface area contributed by atoms with E-state index in [0.717, 1.165) is 18.1 Å². The minimum Gasteiger partial charge on any atom is -0.409 e. The van der Waals surface area contributed by atoms with E-state index in [0.29, 0.717) is 35.0 Å². The van der Waals surface area contributed by atoms with E-state index in [1.807, 2.05) is 0 Å². The standard InChI is InChI=1S/C20H31Cl2F3N2OSi/c1-4-29(5-2,6-3)28-18(19-16(21)11-26-12-17(19)22)13-27-15-9-7-14(8-10-15)20(23,24)25/h11-12,14-15,18,27H,4-10,13H2,1-3H3/t14-,15-,18?. The molecule has 3 nitrogen and oxygen atoms in total. The summed E-state index contributed by atoms with van der Waals surface area (Å²) in [4.78, 5) is 4.03. The molecule has 1 saturated carbocycles. The summed E-state index contributed by atoms with van der Waals surface area (Å²) in [5, 5.41) is 4.34. The van der Waals surface area contributed by atoms with Crippen molar-refractivity contribution in [3.8, 4) is 0 Å². The Labute approximate surface area is 182 Å². The van der Waals surface area contributed by atoms with Crippen LogP contribution < -0.4 is 5.32 Å².